The Hall–Kier alpha value is -2.11. The lowest BCUT2D eigenvalue weighted by atomic mass is 10.1. The van der Waals surface area contributed by atoms with Gasteiger partial charge in [0.15, 0.2) is 0 Å². The van der Waals surface area contributed by atoms with Gasteiger partial charge in [-0.15, -0.1) is 0 Å². The molecule has 0 bridgehead atoms. The van der Waals surface area contributed by atoms with Gasteiger partial charge in [0.1, 0.15) is 5.75 Å². The van der Waals surface area contributed by atoms with E-state index >= 15 is 0 Å². The highest BCUT2D eigenvalue weighted by Crippen LogP contribution is 2.28. The number of carbonyl (C=O) groups excluding carboxylic acids is 1. The molecule has 6 heteroatoms. The van der Waals surface area contributed by atoms with E-state index in [2.05, 4.69) is 9.88 Å². The van der Waals surface area contributed by atoms with Crippen LogP contribution in [-0.4, -0.2) is 52.9 Å². The van der Waals surface area contributed by atoms with Crippen molar-refractivity contribution in [2.24, 2.45) is 0 Å². The van der Waals surface area contributed by atoms with E-state index in [1.807, 2.05) is 17.0 Å². The van der Waals surface area contributed by atoms with Crippen molar-refractivity contribution in [3.8, 4) is 11.6 Å². The molecule has 5 nitrogen and oxygen atoms in total. The lowest BCUT2D eigenvalue weighted by Crippen LogP contribution is -2.51. The molecule has 1 aromatic carbocycles. The van der Waals surface area contributed by atoms with E-state index in [9.17, 15) is 4.79 Å². The lowest BCUT2D eigenvalue weighted by Gasteiger charge is -2.38. The number of hydrogen-bond acceptors (Lipinski definition) is 4. The third-order valence-electron chi connectivity index (χ3n) is 5.48. The summed E-state index contributed by atoms with van der Waals surface area (Å²) in [5.74, 6) is 1.01. The normalized spacial score (nSPS) is 18.6. The van der Waals surface area contributed by atoms with E-state index < -0.39 is 0 Å². The molecule has 2 aliphatic rings. The molecule has 1 aliphatic heterocycles. The predicted molar refractivity (Wildman–Crippen MR) is 105 cm³/mol. The summed E-state index contributed by atoms with van der Waals surface area (Å²) in [6.45, 7) is 3.51. The van der Waals surface area contributed by atoms with Crippen molar-refractivity contribution in [2.45, 2.75) is 31.7 Å². The zero-order valence-corrected chi connectivity index (χ0v) is 16.1. The molecule has 4 rings (SSSR count). The Balaban J connectivity index is 1.35. The Labute approximate surface area is 164 Å². The van der Waals surface area contributed by atoms with Crippen molar-refractivity contribution in [2.75, 3.05) is 26.2 Å². The van der Waals surface area contributed by atoms with Crippen LogP contribution in [0.5, 0.6) is 11.6 Å². The molecular weight excluding hydrogens is 362 g/mol. The van der Waals surface area contributed by atoms with Crippen LogP contribution >= 0.6 is 11.6 Å². The van der Waals surface area contributed by atoms with Gasteiger partial charge in [-0.1, -0.05) is 36.6 Å². The quantitative estimate of drug-likeness (QED) is 0.790. The van der Waals surface area contributed by atoms with Crippen LogP contribution in [0.4, 0.5) is 0 Å². The minimum absolute atomic E-state index is 0.0397. The number of pyridine rings is 1. The summed E-state index contributed by atoms with van der Waals surface area (Å²) in [6.07, 6.45) is 6.89. The molecule has 1 aliphatic carbocycles. The molecule has 2 heterocycles. The topological polar surface area (TPSA) is 45.7 Å². The second kappa shape index (κ2) is 8.28. The van der Waals surface area contributed by atoms with Crippen molar-refractivity contribution >= 4 is 17.5 Å². The maximum absolute atomic E-state index is 12.8. The van der Waals surface area contributed by atoms with Gasteiger partial charge in [-0.2, -0.15) is 0 Å². The van der Waals surface area contributed by atoms with E-state index in [4.69, 9.17) is 16.3 Å². The minimum atomic E-state index is 0.0397. The Bertz CT molecular complexity index is 782. The van der Waals surface area contributed by atoms with Crippen molar-refractivity contribution < 1.29 is 9.53 Å². The van der Waals surface area contributed by atoms with Crippen LogP contribution in [0.25, 0.3) is 0 Å². The third kappa shape index (κ3) is 4.25. The molecule has 0 radical (unpaired) electrons. The molecule has 0 N–H and O–H groups in total. The van der Waals surface area contributed by atoms with Gasteiger partial charge in [0.05, 0.1) is 10.6 Å². The number of amides is 1. The summed E-state index contributed by atoms with van der Waals surface area (Å²) in [5.41, 5.74) is 0.593. The fourth-order valence-electron chi connectivity index (χ4n) is 3.95. The number of hydrogen-bond donors (Lipinski definition) is 0. The molecule has 142 valence electrons. The van der Waals surface area contributed by atoms with Gasteiger partial charge < -0.3 is 9.64 Å². The second-order valence-electron chi connectivity index (χ2n) is 7.18. The molecule has 27 heavy (non-hydrogen) atoms. The van der Waals surface area contributed by atoms with Gasteiger partial charge in [0.2, 0.25) is 5.88 Å². The maximum atomic E-state index is 12.8. The van der Waals surface area contributed by atoms with Crippen LogP contribution in [0.1, 0.15) is 36.0 Å². The molecule has 1 saturated heterocycles. The summed E-state index contributed by atoms with van der Waals surface area (Å²) in [5, 5.41) is 0.527. The van der Waals surface area contributed by atoms with E-state index in [-0.39, 0.29) is 5.91 Å². The summed E-state index contributed by atoms with van der Waals surface area (Å²) in [6, 6.07) is 11.5. The number of carbonyl (C=O) groups is 1. The molecule has 0 atom stereocenters. The Morgan fingerprint density at radius 1 is 1.04 bits per heavy atom. The van der Waals surface area contributed by atoms with Crippen LogP contribution in [0.3, 0.4) is 0 Å². The molecule has 1 amide bonds. The highest BCUT2D eigenvalue weighted by atomic mass is 35.5. The summed E-state index contributed by atoms with van der Waals surface area (Å²) >= 11 is 6.10. The predicted octanol–water partition coefficient (Wildman–Crippen LogP) is 4.23. The van der Waals surface area contributed by atoms with E-state index in [0.29, 0.717) is 22.2 Å². The molecule has 2 fully saturated rings. The lowest BCUT2D eigenvalue weighted by molar-refractivity contribution is 0.0573. The number of halogens is 1. The fraction of sp³-hybridized carbons (Fsp3) is 0.429. The van der Waals surface area contributed by atoms with Gasteiger partial charge in [-0.3, -0.25) is 9.69 Å². The van der Waals surface area contributed by atoms with Gasteiger partial charge in [0.25, 0.3) is 5.91 Å². The second-order valence-corrected chi connectivity index (χ2v) is 7.59. The van der Waals surface area contributed by atoms with Crippen LogP contribution in [0, 0.1) is 0 Å². The largest absolute Gasteiger partial charge is 0.437 e. The van der Waals surface area contributed by atoms with Gasteiger partial charge in [-0.25, -0.2) is 4.98 Å². The number of piperazine rings is 1. The van der Waals surface area contributed by atoms with E-state index in [1.54, 1.807) is 30.5 Å². The molecular formula is C21H24ClN3O2. The number of ether oxygens (including phenoxy) is 1. The van der Waals surface area contributed by atoms with Crippen molar-refractivity contribution in [1.29, 1.82) is 0 Å². The van der Waals surface area contributed by atoms with Crippen molar-refractivity contribution in [1.82, 2.24) is 14.8 Å². The Kier molecular flexibility index (Phi) is 5.60. The number of nitrogens with zero attached hydrogens (tertiary/aromatic N) is 3. The number of para-hydroxylation sites is 1. The summed E-state index contributed by atoms with van der Waals surface area (Å²) < 4.78 is 5.69. The van der Waals surface area contributed by atoms with Crippen LogP contribution in [0.2, 0.25) is 5.02 Å². The standard InChI is InChI=1S/C21H24ClN3O2/c22-18-7-3-4-8-19(18)27-20-10-9-16(15-23-20)21(26)25-13-11-24(12-14-25)17-5-1-2-6-17/h3-4,7-10,15,17H,1-2,5-6,11-14H2. The first kappa shape index (κ1) is 18.3. The SMILES string of the molecule is O=C(c1ccc(Oc2ccccc2Cl)nc1)N1CCN(C2CCCC2)CC1. The molecule has 0 spiro atoms. The minimum Gasteiger partial charge on any atom is -0.437 e. The number of benzene rings is 1. The van der Waals surface area contributed by atoms with Gasteiger partial charge in [0, 0.05) is 44.5 Å². The highest BCUT2D eigenvalue weighted by Gasteiger charge is 2.28. The zero-order valence-electron chi connectivity index (χ0n) is 15.3. The zero-order chi connectivity index (χ0) is 18.6. The maximum Gasteiger partial charge on any atom is 0.255 e. The van der Waals surface area contributed by atoms with Crippen LogP contribution < -0.4 is 4.74 Å². The monoisotopic (exact) mass is 385 g/mol. The average Bonchev–Trinajstić information content (AvgIpc) is 3.25. The molecule has 2 aromatic rings. The first-order chi connectivity index (χ1) is 13.2. The smallest absolute Gasteiger partial charge is 0.255 e. The molecule has 1 aromatic heterocycles. The van der Waals surface area contributed by atoms with E-state index in [1.165, 1.54) is 25.7 Å². The van der Waals surface area contributed by atoms with Crippen molar-refractivity contribution in [3.63, 3.8) is 0 Å². The van der Waals surface area contributed by atoms with Crippen molar-refractivity contribution in [3.05, 3.63) is 53.2 Å². The highest BCUT2D eigenvalue weighted by molar-refractivity contribution is 6.32. The Morgan fingerprint density at radius 3 is 2.44 bits per heavy atom. The first-order valence-corrected chi connectivity index (χ1v) is 10.0. The molecule has 1 saturated carbocycles. The average molecular weight is 386 g/mol. The van der Waals surface area contributed by atoms with Crippen LogP contribution in [-0.2, 0) is 0 Å². The first-order valence-electron chi connectivity index (χ1n) is 9.62. The fourth-order valence-corrected chi connectivity index (χ4v) is 4.12. The number of aromatic nitrogens is 1. The number of rotatable bonds is 4. The third-order valence-corrected chi connectivity index (χ3v) is 5.79. The van der Waals surface area contributed by atoms with Gasteiger partial charge >= 0.3 is 0 Å². The molecule has 0 unspecified atom stereocenters. The Morgan fingerprint density at radius 2 is 1.78 bits per heavy atom. The van der Waals surface area contributed by atoms with Crippen LogP contribution in [0.15, 0.2) is 42.6 Å². The summed E-state index contributed by atoms with van der Waals surface area (Å²) in [7, 11) is 0. The summed E-state index contributed by atoms with van der Waals surface area (Å²) in [4.78, 5) is 21.5. The van der Waals surface area contributed by atoms with E-state index in [0.717, 1.165) is 32.2 Å². The van der Waals surface area contributed by atoms with Gasteiger partial charge in [-0.05, 0) is 31.0 Å².